The van der Waals surface area contributed by atoms with Crippen LogP contribution in [0.4, 0.5) is 0 Å². The van der Waals surface area contributed by atoms with Gasteiger partial charge in [-0.15, -0.1) is 0 Å². The van der Waals surface area contributed by atoms with Crippen LogP contribution in [0, 0.1) is 0 Å². The molecular weight excluding hydrogens is 685 g/mol. The highest BCUT2D eigenvalue weighted by Crippen LogP contribution is 2.43. The number of allylic oxidation sites excluding steroid dienone is 8. The molecule has 300 valence electrons. The number of phosphoric acid groups is 1. The summed E-state index contributed by atoms with van der Waals surface area (Å²) >= 11 is 0. The fraction of sp³-hybridized carbons (Fsp3) is 0.725. The number of esters is 2. The monoisotopic (exact) mass is 755 g/mol. The number of phosphoric ester groups is 1. The highest BCUT2D eigenvalue weighted by Gasteiger charge is 2.28. The molecule has 1 unspecified atom stereocenters. The van der Waals surface area contributed by atoms with Crippen molar-refractivity contribution in [3.8, 4) is 0 Å². The number of hydrogen-bond donors (Lipinski definition) is 3. The number of nitrogens with two attached hydrogens (primary N) is 1. The van der Waals surface area contributed by atoms with Gasteiger partial charge >= 0.3 is 25.7 Å². The second-order valence-electron chi connectivity index (χ2n) is 13.0. The zero-order chi connectivity index (χ0) is 38.5. The van der Waals surface area contributed by atoms with Crippen LogP contribution in [0.1, 0.15) is 155 Å². The summed E-state index contributed by atoms with van der Waals surface area (Å²) in [5.41, 5.74) is 5.32. The number of unbranched alkanes of at least 4 members (excludes halogenated alkanes) is 14. The number of carbonyl (C=O) groups is 3. The van der Waals surface area contributed by atoms with Crippen molar-refractivity contribution in [2.24, 2.45) is 5.73 Å². The molecule has 3 atom stereocenters. The molecule has 0 radical (unpaired) electrons. The van der Waals surface area contributed by atoms with E-state index in [1.807, 2.05) is 0 Å². The minimum absolute atomic E-state index is 0.135. The third-order valence-corrected chi connectivity index (χ3v) is 9.01. The third-order valence-electron chi connectivity index (χ3n) is 8.06. The van der Waals surface area contributed by atoms with Gasteiger partial charge in [-0.05, 0) is 70.6 Å². The summed E-state index contributed by atoms with van der Waals surface area (Å²) in [5, 5.41) is 8.86. The highest BCUT2D eigenvalue weighted by atomic mass is 31.2. The van der Waals surface area contributed by atoms with Gasteiger partial charge in [0, 0.05) is 12.8 Å². The molecule has 0 amide bonds. The quantitative estimate of drug-likeness (QED) is 0.0241. The van der Waals surface area contributed by atoms with E-state index in [-0.39, 0.29) is 19.4 Å². The van der Waals surface area contributed by atoms with Crippen molar-refractivity contribution in [3.05, 3.63) is 48.6 Å². The first kappa shape index (κ1) is 49.4. The molecule has 4 N–H and O–H groups in total. The van der Waals surface area contributed by atoms with Crippen LogP contribution in [0.3, 0.4) is 0 Å². The number of aliphatic carboxylic acids is 1. The number of rotatable bonds is 36. The Balaban J connectivity index is 4.48. The zero-order valence-corrected chi connectivity index (χ0v) is 33.0. The average Bonchev–Trinajstić information content (AvgIpc) is 3.12. The van der Waals surface area contributed by atoms with Gasteiger partial charge in [0.1, 0.15) is 12.6 Å². The van der Waals surface area contributed by atoms with Crippen molar-refractivity contribution in [3.63, 3.8) is 0 Å². The summed E-state index contributed by atoms with van der Waals surface area (Å²) in [4.78, 5) is 45.8. The van der Waals surface area contributed by atoms with Crippen molar-refractivity contribution < 1.29 is 47.5 Å². The number of carboxylic acid groups (broad SMARTS) is 1. The third kappa shape index (κ3) is 34.5. The van der Waals surface area contributed by atoms with Crippen molar-refractivity contribution in [1.29, 1.82) is 0 Å². The summed E-state index contributed by atoms with van der Waals surface area (Å²) in [6.45, 7) is 2.62. The molecule has 0 aliphatic carbocycles. The van der Waals surface area contributed by atoms with Gasteiger partial charge in [-0.25, -0.2) is 4.57 Å². The Kier molecular flexibility index (Phi) is 33.7. The Morgan fingerprint density at radius 3 is 1.65 bits per heavy atom. The molecule has 0 aliphatic heterocycles. The largest absolute Gasteiger partial charge is 0.480 e. The number of hydrogen-bond acceptors (Lipinski definition) is 9. The molecule has 0 aromatic heterocycles. The van der Waals surface area contributed by atoms with E-state index in [0.29, 0.717) is 12.8 Å². The van der Waals surface area contributed by atoms with Crippen molar-refractivity contribution >= 4 is 25.7 Å². The van der Waals surface area contributed by atoms with Crippen molar-refractivity contribution in [2.75, 3.05) is 19.8 Å². The van der Waals surface area contributed by atoms with Crippen molar-refractivity contribution in [2.45, 2.75) is 167 Å². The van der Waals surface area contributed by atoms with E-state index in [9.17, 15) is 23.8 Å². The van der Waals surface area contributed by atoms with Crippen LogP contribution < -0.4 is 5.73 Å². The molecule has 11 nitrogen and oxygen atoms in total. The second-order valence-corrected chi connectivity index (χ2v) is 14.5. The van der Waals surface area contributed by atoms with E-state index in [0.717, 1.165) is 77.0 Å². The van der Waals surface area contributed by atoms with Crippen LogP contribution in [-0.2, 0) is 37.5 Å². The second kappa shape index (κ2) is 35.5. The Morgan fingerprint density at radius 2 is 1.08 bits per heavy atom. The lowest BCUT2D eigenvalue weighted by Gasteiger charge is -2.20. The predicted octanol–water partition coefficient (Wildman–Crippen LogP) is 9.83. The Labute approximate surface area is 314 Å². The summed E-state index contributed by atoms with van der Waals surface area (Å²) in [6, 6.07) is -1.53. The molecule has 0 saturated heterocycles. The molecule has 0 fully saturated rings. The lowest BCUT2D eigenvalue weighted by molar-refractivity contribution is -0.161. The maximum absolute atomic E-state index is 12.6. The van der Waals surface area contributed by atoms with Gasteiger partial charge < -0.3 is 25.2 Å². The average molecular weight is 756 g/mol. The van der Waals surface area contributed by atoms with E-state index >= 15 is 0 Å². The van der Waals surface area contributed by atoms with E-state index in [2.05, 4.69) is 67.0 Å². The zero-order valence-electron chi connectivity index (χ0n) is 32.1. The van der Waals surface area contributed by atoms with Crippen molar-refractivity contribution in [1.82, 2.24) is 0 Å². The first-order valence-corrected chi connectivity index (χ1v) is 21.2. The van der Waals surface area contributed by atoms with Gasteiger partial charge in [0.15, 0.2) is 6.10 Å². The van der Waals surface area contributed by atoms with E-state index in [1.54, 1.807) is 0 Å². The predicted molar refractivity (Wildman–Crippen MR) is 208 cm³/mol. The van der Waals surface area contributed by atoms with E-state index in [4.69, 9.17) is 24.8 Å². The molecular formula is C40H70NO10P. The normalized spacial score (nSPS) is 14.4. The maximum Gasteiger partial charge on any atom is 0.472 e. The summed E-state index contributed by atoms with van der Waals surface area (Å²) in [5.74, 6) is -2.43. The molecule has 0 spiro atoms. The lowest BCUT2D eigenvalue weighted by atomic mass is 10.1. The standard InChI is InChI=1S/C40H70NO10P/c1-3-5-7-9-11-13-15-17-18-20-21-23-25-27-29-31-38(42)48-33-36(34-49-52(46,47)50-35-37(41)40(44)45)51-39(43)32-30-28-26-24-22-19-16-14-12-10-8-6-4-2/h5,7,11,13,17-19,22,36-37H,3-4,6,8-10,12,14-16,20-21,23-35,41H2,1-2H3,(H,44,45)(H,46,47)/b7-5+,13-11+,18-17+,22-19+/t36-,37+/m1/s1. The van der Waals surface area contributed by atoms with Gasteiger partial charge in [-0.3, -0.25) is 23.4 Å². The van der Waals surface area contributed by atoms with Crippen LogP contribution in [-0.4, -0.2) is 59.9 Å². The topological polar surface area (TPSA) is 172 Å². The molecule has 0 aromatic carbocycles. The molecule has 0 saturated carbocycles. The van der Waals surface area contributed by atoms with Crippen LogP contribution in [0.25, 0.3) is 0 Å². The molecule has 0 aromatic rings. The lowest BCUT2D eigenvalue weighted by Crippen LogP contribution is -2.34. The molecule has 52 heavy (non-hydrogen) atoms. The summed E-state index contributed by atoms with van der Waals surface area (Å²) in [6.07, 6.45) is 37.5. The van der Waals surface area contributed by atoms with Crippen LogP contribution in [0.15, 0.2) is 48.6 Å². The Bertz CT molecular complexity index is 1070. The molecule has 0 heterocycles. The summed E-state index contributed by atoms with van der Waals surface area (Å²) in [7, 11) is -4.72. The highest BCUT2D eigenvalue weighted by molar-refractivity contribution is 7.47. The fourth-order valence-electron chi connectivity index (χ4n) is 4.95. The number of carboxylic acids is 1. The Hall–Kier alpha value is -2.56. The van der Waals surface area contributed by atoms with Gasteiger partial charge in [0.2, 0.25) is 0 Å². The Morgan fingerprint density at radius 1 is 0.615 bits per heavy atom. The first-order chi connectivity index (χ1) is 25.1. The SMILES string of the molecule is CC/C=C/C/C=C/C/C=C/CCCCCCCC(=O)OC[C@H](COP(=O)(O)OC[C@H](N)C(=O)O)OC(=O)CCCCC/C=C/CCCCCCCC. The van der Waals surface area contributed by atoms with Crippen LogP contribution in [0.2, 0.25) is 0 Å². The molecule has 0 bridgehead atoms. The number of carbonyl (C=O) groups excluding carboxylic acids is 2. The molecule has 0 rings (SSSR count). The van der Waals surface area contributed by atoms with Gasteiger partial charge in [-0.2, -0.15) is 0 Å². The van der Waals surface area contributed by atoms with Crippen LogP contribution in [0.5, 0.6) is 0 Å². The fourth-order valence-corrected chi connectivity index (χ4v) is 5.73. The smallest absolute Gasteiger partial charge is 0.472 e. The van der Waals surface area contributed by atoms with Gasteiger partial charge in [0.25, 0.3) is 0 Å². The summed E-state index contributed by atoms with van der Waals surface area (Å²) < 4.78 is 32.5. The minimum Gasteiger partial charge on any atom is -0.480 e. The van der Waals surface area contributed by atoms with Gasteiger partial charge in [0.05, 0.1) is 13.2 Å². The minimum atomic E-state index is -4.72. The number of ether oxygens (including phenoxy) is 2. The van der Waals surface area contributed by atoms with E-state index < -0.39 is 51.1 Å². The first-order valence-electron chi connectivity index (χ1n) is 19.7. The van der Waals surface area contributed by atoms with Crippen LogP contribution >= 0.6 is 7.82 Å². The molecule has 12 heteroatoms. The maximum atomic E-state index is 12.6. The van der Waals surface area contributed by atoms with E-state index in [1.165, 1.54) is 38.5 Å². The molecule has 0 aliphatic rings. The van der Waals surface area contributed by atoms with Gasteiger partial charge in [-0.1, -0.05) is 120 Å².